The van der Waals surface area contributed by atoms with Gasteiger partial charge in [0.1, 0.15) is 23.4 Å². The number of ether oxygens (including phenoxy) is 2. The van der Waals surface area contributed by atoms with E-state index in [0.717, 1.165) is 0 Å². The van der Waals surface area contributed by atoms with Crippen LogP contribution < -0.4 is 0 Å². The van der Waals surface area contributed by atoms with E-state index in [1.54, 1.807) is 44.2 Å². The van der Waals surface area contributed by atoms with Crippen molar-refractivity contribution in [3.8, 4) is 0 Å². The Bertz CT molecular complexity index is 1090. The van der Waals surface area contributed by atoms with Crippen LogP contribution in [0.15, 0.2) is 30.3 Å². The quantitative estimate of drug-likeness (QED) is 0.437. The van der Waals surface area contributed by atoms with Crippen molar-refractivity contribution in [2.75, 3.05) is 0 Å². The molecule has 0 amide bonds. The van der Waals surface area contributed by atoms with Gasteiger partial charge in [-0.15, -0.1) is 0 Å². The molecule has 4 fully saturated rings. The van der Waals surface area contributed by atoms with Crippen molar-refractivity contribution < 1.29 is 39.5 Å². The lowest BCUT2D eigenvalue weighted by Crippen LogP contribution is -2.79. The molecule has 8 heteroatoms. The number of carbonyl (C=O) groups is 2. The molecule has 1 aromatic carbocycles. The Labute approximate surface area is 224 Å². The topological polar surface area (TPSA) is 134 Å². The van der Waals surface area contributed by atoms with Crippen LogP contribution in [0.4, 0.5) is 0 Å². The van der Waals surface area contributed by atoms with Crippen LogP contribution in [0.25, 0.3) is 0 Å². The van der Waals surface area contributed by atoms with Gasteiger partial charge in [-0.3, -0.25) is 4.79 Å². The van der Waals surface area contributed by atoms with E-state index in [9.17, 15) is 30.0 Å². The molecule has 0 radical (unpaired) electrons. The summed E-state index contributed by atoms with van der Waals surface area (Å²) in [6.07, 6.45) is 0.976. The first kappa shape index (κ1) is 27.6. The van der Waals surface area contributed by atoms with E-state index < -0.39 is 52.3 Å². The van der Waals surface area contributed by atoms with Crippen molar-refractivity contribution in [3.63, 3.8) is 0 Å². The summed E-state index contributed by atoms with van der Waals surface area (Å²) in [5.41, 5.74) is -6.65. The summed E-state index contributed by atoms with van der Waals surface area (Å²) < 4.78 is 11.7. The zero-order chi connectivity index (χ0) is 27.7. The maximum atomic E-state index is 12.9. The molecule has 0 aliphatic heterocycles. The third kappa shape index (κ3) is 3.56. The standard InChI is InChI=1S/C30H42O8/c1-18(37-25(33)20-8-6-5-7-9-20)28(34)14-15-30(36)27(28,4)24(38-19(2)31)17-23-26(3)12-11-22(32)16-21(26)10-13-29(23,30)35/h5-9,18,21-24,32,34-36H,10-17H2,1-4H3/t18-,21-,22-,23+,24+,26-,27+,28+,29-,30+/m0/s1. The summed E-state index contributed by atoms with van der Waals surface area (Å²) >= 11 is 0. The highest BCUT2D eigenvalue weighted by molar-refractivity contribution is 5.89. The number of carbonyl (C=O) groups excluding carboxylic acids is 2. The van der Waals surface area contributed by atoms with E-state index in [1.807, 2.05) is 0 Å². The number of aliphatic hydroxyl groups is 4. The zero-order valence-corrected chi connectivity index (χ0v) is 22.9. The van der Waals surface area contributed by atoms with Crippen molar-refractivity contribution in [2.24, 2.45) is 22.7 Å². The van der Waals surface area contributed by atoms with E-state index in [1.165, 1.54) is 6.92 Å². The van der Waals surface area contributed by atoms with Gasteiger partial charge < -0.3 is 29.9 Å². The average Bonchev–Trinajstić information content (AvgIpc) is 3.10. The van der Waals surface area contributed by atoms with E-state index in [2.05, 4.69) is 6.92 Å². The minimum absolute atomic E-state index is 0.0644. The van der Waals surface area contributed by atoms with Crippen LogP contribution in [0.2, 0.25) is 0 Å². The molecule has 0 unspecified atom stereocenters. The van der Waals surface area contributed by atoms with Gasteiger partial charge in [0.25, 0.3) is 0 Å². The van der Waals surface area contributed by atoms with Crippen LogP contribution in [-0.4, -0.2) is 67.5 Å². The maximum Gasteiger partial charge on any atom is 0.338 e. The summed E-state index contributed by atoms with van der Waals surface area (Å²) in [5, 5.41) is 47.8. The Kier molecular flexibility index (Phi) is 6.54. The highest BCUT2D eigenvalue weighted by Gasteiger charge is 2.82. The Balaban J connectivity index is 1.55. The second-order valence-corrected chi connectivity index (χ2v) is 12.9. The van der Waals surface area contributed by atoms with Crippen molar-refractivity contribution in [1.82, 2.24) is 0 Å². The van der Waals surface area contributed by atoms with Gasteiger partial charge >= 0.3 is 11.9 Å². The molecule has 0 saturated heterocycles. The Hall–Kier alpha value is -2.00. The van der Waals surface area contributed by atoms with E-state index in [0.29, 0.717) is 37.7 Å². The minimum Gasteiger partial charge on any atom is -0.462 e. The van der Waals surface area contributed by atoms with Crippen molar-refractivity contribution in [3.05, 3.63) is 35.9 Å². The molecule has 210 valence electrons. The summed E-state index contributed by atoms with van der Waals surface area (Å²) in [7, 11) is 0. The smallest absolute Gasteiger partial charge is 0.338 e. The van der Waals surface area contributed by atoms with Gasteiger partial charge in [0.05, 0.1) is 22.7 Å². The highest BCUT2D eigenvalue weighted by atomic mass is 16.6. The second kappa shape index (κ2) is 9.01. The van der Waals surface area contributed by atoms with Crippen LogP contribution in [0.5, 0.6) is 0 Å². The first-order valence-corrected chi connectivity index (χ1v) is 14.0. The largest absolute Gasteiger partial charge is 0.462 e. The second-order valence-electron chi connectivity index (χ2n) is 12.9. The molecule has 38 heavy (non-hydrogen) atoms. The molecule has 0 spiro atoms. The van der Waals surface area contributed by atoms with Gasteiger partial charge in [0.15, 0.2) is 0 Å². The number of hydrogen-bond acceptors (Lipinski definition) is 8. The van der Waals surface area contributed by atoms with Crippen LogP contribution in [-0.2, 0) is 14.3 Å². The molecule has 4 aliphatic carbocycles. The molecule has 1 aromatic rings. The number of esters is 2. The third-order valence-electron chi connectivity index (χ3n) is 11.5. The molecule has 8 nitrogen and oxygen atoms in total. The number of rotatable bonds is 4. The number of aliphatic hydroxyl groups excluding tert-OH is 1. The van der Waals surface area contributed by atoms with Gasteiger partial charge in [0.2, 0.25) is 0 Å². The van der Waals surface area contributed by atoms with Crippen LogP contribution >= 0.6 is 0 Å². The SMILES string of the molecule is CC(=O)O[C@@H]1C[C@@H]2[C@@]3(C)CC[C@H](O)C[C@@H]3CC[C@@]2(O)[C@@]2(O)CC[C@@](O)([C@H](C)OC(=O)c3ccccc3)[C@@]12C. The summed E-state index contributed by atoms with van der Waals surface area (Å²) in [6.45, 7) is 6.70. The molecule has 4 saturated carbocycles. The van der Waals surface area contributed by atoms with Crippen molar-refractivity contribution in [2.45, 2.75) is 114 Å². The summed E-state index contributed by atoms with van der Waals surface area (Å²) in [6, 6.07) is 8.49. The van der Waals surface area contributed by atoms with Crippen LogP contribution in [0.1, 0.15) is 89.4 Å². The third-order valence-corrected chi connectivity index (χ3v) is 11.5. The fraction of sp³-hybridized carbons (Fsp3) is 0.733. The number of hydrogen-bond donors (Lipinski definition) is 4. The molecule has 4 N–H and O–H groups in total. The fourth-order valence-electron chi connectivity index (χ4n) is 9.18. The van der Waals surface area contributed by atoms with Crippen LogP contribution in [0, 0.1) is 22.7 Å². The molecule has 0 bridgehead atoms. The van der Waals surface area contributed by atoms with Gasteiger partial charge in [0, 0.05) is 6.92 Å². The van der Waals surface area contributed by atoms with Gasteiger partial charge in [-0.2, -0.15) is 0 Å². The lowest BCUT2D eigenvalue weighted by Gasteiger charge is -2.69. The van der Waals surface area contributed by atoms with E-state index in [-0.39, 0.29) is 36.7 Å². The molecule has 5 rings (SSSR count). The van der Waals surface area contributed by atoms with Crippen LogP contribution in [0.3, 0.4) is 0 Å². The summed E-state index contributed by atoms with van der Waals surface area (Å²) in [4.78, 5) is 25.3. The van der Waals surface area contributed by atoms with Crippen molar-refractivity contribution >= 4 is 11.9 Å². The molecule has 0 heterocycles. The molecule has 10 atom stereocenters. The molecular weight excluding hydrogens is 488 g/mol. The van der Waals surface area contributed by atoms with E-state index in [4.69, 9.17) is 9.47 Å². The highest BCUT2D eigenvalue weighted by Crippen LogP contribution is 2.72. The van der Waals surface area contributed by atoms with Gasteiger partial charge in [-0.05, 0) is 87.7 Å². The minimum atomic E-state index is -1.80. The first-order valence-electron chi connectivity index (χ1n) is 14.0. The van der Waals surface area contributed by atoms with E-state index >= 15 is 0 Å². The Morgan fingerprint density at radius 1 is 0.974 bits per heavy atom. The number of fused-ring (bicyclic) bond motifs is 5. The first-order chi connectivity index (χ1) is 17.7. The normalized spacial score (nSPS) is 46.7. The monoisotopic (exact) mass is 530 g/mol. The lowest BCUT2D eigenvalue weighted by molar-refractivity contribution is -0.341. The predicted molar refractivity (Wildman–Crippen MR) is 138 cm³/mol. The lowest BCUT2D eigenvalue weighted by atomic mass is 9.40. The fourth-order valence-corrected chi connectivity index (χ4v) is 9.18. The van der Waals surface area contributed by atoms with Gasteiger partial charge in [-0.1, -0.05) is 32.0 Å². The maximum absolute atomic E-state index is 12.9. The van der Waals surface area contributed by atoms with Crippen molar-refractivity contribution in [1.29, 1.82) is 0 Å². The number of benzene rings is 1. The Morgan fingerprint density at radius 3 is 2.32 bits per heavy atom. The van der Waals surface area contributed by atoms with Gasteiger partial charge in [-0.25, -0.2) is 4.79 Å². The predicted octanol–water partition coefficient (Wildman–Crippen LogP) is 3.14. The molecule has 0 aromatic heterocycles. The average molecular weight is 531 g/mol. The molecule has 4 aliphatic rings. The Morgan fingerprint density at radius 2 is 1.66 bits per heavy atom. The summed E-state index contributed by atoms with van der Waals surface area (Å²) in [5.74, 6) is -1.36. The molecular formula is C30H42O8. The zero-order valence-electron chi connectivity index (χ0n) is 22.9.